The minimum atomic E-state index is -4.52. The van der Waals surface area contributed by atoms with E-state index in [1.807, 2.05) is 0 Å². The van der Waals surface area contributed by atoms with Crippen LogP contribution < -0.4 is 5.32 Å². The summed E-state index contributed by atoms with van der Waals surface area (Å²) in [6, 6.07) is 0.319. The quantitative estimate of drug-likeness (QED) is 0.863. The molecule has 1 N–H and O–H groups in total. The van der Waals surface area contributed by atoms with E-state index in [0.29, 0.717) is 12.6 Å². The van der Waals surface area contributed by atoms with Crippen LogP contribution in [0.4, 0.5) is 13.2 Å². The number of hydrogen-bond donors (Lipinski definition) is 1. The molecule has 2 fully saturated rings. The fourth-order valence-corrected chi connectivity index (χ4v) is 3.54. The van der Waals surface area contributed by atoms with Gasteiger partial charge in [-0.2, -0.15) is 0 Å². The van der Waals surface area contributed by atoms with Crippen molar-refractivity contribution in [1.82, 2.24) is 10.2 Å². The predicted molar refractivity (Wildman–Crippen MR) is 71.5 cm³/mol. The van der Waals surface area contributed by atoms with Gasteiger partial charge in [0.05, 0.1) is 6.61 Å². The average Bonchev–Trinajstić information content (AvgIpc) is 2.38. The number of alkyl halides is 3. The molecule has 0 aromatic rings. The number of ether oxygens (including phenoxy) is 1. The molecule has 1 aliphatic heterocycles. The Morgan fingerprint density at radius 2 is 1.95 bits per heavy atom. The van der Waals surface area contributed by atoms with E-state index in [9.17, 15) is 13.2 Å². The minimum absolute atomic E-state index is 0.127. The zero-order valence-corrected chi connectivity index (χ0v) is 12.1. The van der Waals surface area contributed by atoms with E-state index < -0.39 is 6.36 Å². The summed E-state index contributed by atoms with van der Waals surface area (Å²) in [5.74, 6) is 0. The van der Waals surface area contributed by atoms with Gasteiger partial charge in [0.25, 0.3) is 0 Å². The summed E-state index contributed by atoms with van der Waals surface area (Å²) < 4.78 is 40.2. The van der Waals surface area contributed by atoms with Crippen LogP contribution in [0.1, 0.15) is 45.4 Å². The molecule has 1 saturated carbocycles. The molecule has 6 heteroatoms. The Bertz CT molecular complexity index is 303. The summed E-state index contributed by atoms with van der Waals surface area (Å²) in [5.41, 5.74) is 0.127. The lowest BCUT2D eigenvalue weighted by molar-refractivity contribution is -0.325. The van der Waals surface area contributed by atoms with Crippen LogP contribution >= 0.6 is 0 Å². The van der Waals surface area contributed by atoms with Gasteiger partial charge >= 0.3 is 6.36 Å². The van der Waals surface area contributed by atoms with Gasteiger partial charge in [-0.25, -0.2) is 0 Å². The van der Waals surface area contributed by atoms with Gasteiger partial charge in [-0.05, 0) is 19.3 Å². The summed E-state index contributed by atoms with van der Waals surface area (Å²) in [7, 11) is 0. The van der Waals surface area contributed by atoms with Crippen molar-refractivity contribution >= 4 is 0 Å². The lowest BCUT2D eigenvalue weighted by Gasteiger charge is -2.49. The van der Waals surface area contributed by atoms with Crippen molar-refractivity contribution in [3.8, 4) is 0 Å². The first-order chi connectivity index (χ1) is 9.44. The van der Waals surface area contributed by atoms with Gasteiger partial charge in [0, 0.05) is 31.2 Å². The third-order valence-corrected chi connectivity index (χ3v) is 4.66. The van der Waals surface area contributed by atoms with Crippen LogP contribution in [0.2, 0.25) is 0 Å². The number of hydrogen-bond acceptors (Lipinski definition) is 3. The minimum Gasteiger partial charge on any atom is -0.308 e. The zero-order chi connectivity index (χ0) is 14.6. The fourth-order valence-electron chi connectivity index (χ4n) is 3.54. The molecule has 118 valence electrons. The van der Waals surface area contributed by atoms with Crippen LogP contribution in [0, 0.1) is 0 Å². The molecule has 2 rings (SSSR count). The SMILES string of the molecule is CCC1CNC2(CCCCC2)CN1CCOC(F)(F)F. The molecule has 0 amide bonds. The Balaban J connectivity index is 1.89. The molecule has 1 unspecified atom stereocenters. The average molecular weight is 294 g/mol. The lowest BCUT2D eigenvalue weighted by Crippen LogP contribution is -2.65. The van der Waals surface area contributed by atoms with E-state index in [2.05, 4.69) is 21.9 Å². The first-order valence-electron chi connectivity index (χ1n) is 7.64. The molecule has 20 heavy (non-hydrogen) atoms. The van der Waals surface area contributed by atoms with Gasteiger partial charge < -0.3 is 5.32 Å². The molecule has 1 aliphatic carbocycles. The molecule has 0 aromatic heterocycles. The number of rotatable bonds is 4. The van der Waals surface area contributed by atoms with E-state index in [0.717, 1.165) is 32.4 Å². The third kappa shape index (κ3) is 4.33. The standard InChI is InChI=1S/C14H25F3N2O/c1-2-12-10-18-13(6-4-3-5-7-13)11-19(12)8-9-20-14(15,16)17/h12,18H,2-11H2,1H3. The molecular weight excluding hydrogens is 269 g/mol. The maximum Gasteiger partial charge on any atom is 0.522 e. The van der Waals surface area contributed by atoms with Gasteiger partial charge in [0.15, 0.2) is 0 Å². The Hall–Kier alpha value is -0.330. The van der Waals surface area contributed by atoms with E-state index in [4.69, 9.17) is 0 Å². The predicted octanol–water partition coefficient (Wildman–Crippen LogP) is 2.91. The fraction of sp³-hybridized carbons (Fsp3) is 1.00. The van der Waals surface area contributed by atoms with Crippen LogP contribution in [0.15, 0.2) is 0 Å². The molecule has 0 aromatic carbocycles. The highest BCUT2D eigenvalue weighted by molar-refractivity contribution is 4.99. The summed E-state index contributed by atoms with van der Waals surface area (Å²) in [6.45, 7) is 3.91. The Morgan fingerprint density at radius 1 is 1.25 bits per heavy atom. The molecule has 1 saturated heterocycles. The third-order valence-electron chi connectivity index (χ3n) is 4.66. The molecule has 3 nitrogen and oxygen atoms in total. The second-order valence-electron chi connectivity index (χ2n) is 6.05. The first kappa shape index (κ1) is 16.0. The molecule has 1 heterocycles. The van der Waals surface area contributed by atoms with Crippen molar-refractivity contribution in [2.24, 2.45) is 0 Å². The van der Waals surface area contributed by atoms with Crippen molar-refractivity contribution in [3.63, 3.8) is 0 Å². The molecule has 0 radical (unpaired) electrons. The van der Waals surface area contributed by atoms with E-state index in [-0.39, 0.29) is 12.1 Å². The second-order valence-corrected chi connectivity index (χ2v) is 6.05. The number of nitrogens with zero attached hydrogens (tertiary/aromatic N) is 1. The Labute approximate surface area is 118 Å². The van der Waals surface area contributed by atoms with Crippen LogP contribution in [-0.2, 0) is 4.74 Å². The smallest absolute Gasteiger partial charge is 0.308 e. The molecular formula is C14H25F3N2O. The normalized spacial score (nSPS) is 27.9. The van der Waals surface area contributed by atoms with Crippen molar-refractivity contribution in [3.05, 3.63) is 0 Å². The number of halogens is 3. The van der Waals surface area contributed by atoms with Crippen molar-refractivity contribution in [2.75, 3.05) is 26.2 Å². The maximum atomic E-state index is 12.1. The molecule has 1 spiro atoms. The summed E-state index contributed by atoms with van der Waals surface area (Å²) in [4.78, 5) is 2.19. The van der Waals surface area contributed by atoms with Crippen molar-refractivity contribution < 1.29 is 17.9 Å². The molecule has 1 atom stereocenters. The number of nitrogens with one attached hydrogen (secondary N) is 1. The lowest BCUT2D eigenvalue weighted by atomic mass is 9.79. The van der Waals surface area contributed by atoms with Gasteiger partial charge in [0.1, 0.15) is 0 Å². The van der Waals surface area contributed by atoms with Crippen LogP contribution in [0.3, 0.4) is 0 Å². The van der Waals surface area contributed by atoms with Gasteiger partial charge in [-0.15, -0.1) is 13.2 Å². The van der Waals surface area contributed by atoms with Gasteiger partial charge in [-0.3, -0.25) is 9.64 Å². The zero-order valence-electron chi connectivity index (χ0n) is 12.1. The molecule has 2 aliphatic rings. The maximum absolute atomic E-state index is 12.1. The Morgan fingerprint density at radius 3 is 2.55 bits per heavy atom. The van der Waals surface area contributed by atoms with Crippen LogP contribution in [-0.4, -0.2) is 49.1 Å². The second kappa shape index (κ2) is 6.62. The Kier molecular flexibility index (Phi) is 5.31. The van der Waals surface area contributed by atoms with Crippen molar-refractivity contribution in [1.29, 1.82) is 0 Å². The van der Waals surface area contributed by atoms with Crippen molar-refractivity contribution in [2.45, 2.75) is 63.4 Å². The van der Waals surface area contributed by atoms with E-state index >= 15 is 0 Å². The monoisotopic (exact) mass is 294 g/mol. The molecule has 0 bridgehead atoms. The summed E-state index contributed by atoms with van der Waals surface area (Å²) >= 11 is 0. The first-order valence-corrected chi connectivity index (χ1v) is 7.64. The van der Waals surface area contributed by atoms with Gasteiger partial charge in [0.2, 0.25) is 0 Å². The van der Waals surface area contributed by atoms with Gasteiger partial charge in [-0.1, -0.05) is 26.2 Å². The van der Waals surface area contributed by atoms with Crippen LogP contribution in [0.5, 0.6) is 0 Å². The van der Waals surface area contributed by atoms with Crippen LogP contribution in [0.25, 0.3) is 0 Å². The highest BCUT2D eigenvalue weighted by Gasteiger charge is 2.39. The van der Waals surface area contributed by atoms with E-state index in [1.165, 1.54) is 19.3 Å². The highest BCUT2D eigenvalue weighted by atomic mass is 19.4. The summed E-state index contributed by atoms with van der Waals surface area (Å²) in [5, 5.41) is 3.67. The summed E-state index contributed by atoms with van der Waals surface area (Å²) in [6.07, 6.45) is 2.43. The van der Waals surface area contributed by atoms with E-state index in [1.54, 1.807) is 0 Å². The highest BCUT2D eigenvalue weighted by Crippen LogP contribution is 2.32. The largest absolute Gasteiger partial charge is 0.522 e. The topological polar surface area (TPSA) is 24.5 Å². The number of piperazine rings is 1.